The fourth-order valence-corrected chi connectivity index (χ4v) is 2.00. The number of hydrogen-bond acceptors (Lipinski definition) is 2. The summed E-state index contributed by atoms with van der Waals surface area (Å²) in [5.41, 5.74) is 0. The molecule has 0 spiro atoms. The maximum Gasteiger partial charge on any atom is 0.320 e. The lowest BCUT2D eigenvalue weighted by Crippen LogP contribution is -2.52. The van der Waals surface area contributed by atoms with Crippen LogP contribution in [0.3, 0.4) is 0 Å². The van der Waals surface area contributed by atoms with E-state index in [1.54, 1.807) is 4.90 Å². The van der Waals surface area contributed by atoms with Gasteiger partial charge in [0.1, 0.15) is 0 Å². The predicted molar refractivity (Wildman–Crippen MR) is 62.0 cm³/mol. The van der Waals surface area contributed by atoms with Gasteiger partial charge in [0.25, 0.3) is 0 Å². The first-order valence-corrected chi connectivity index (χ1v) is 5.93. The largest absolute Gasteiger partial charge is 0.328 e. The molecule has 1 aliphatic heterocycles. The summed E-state index contributed by atoms with van der Waals surface area (Å²) in [5.74, 6) is 0. The summed E-state index contributed by atoms with van der Waals surface area (Å²) in [5, 5.41) is 3.35. The van der Waals surface area contributed by atoms with Gasteiger partial charge in [0.15, 0.2) is 0 Å². The van der Waals surface area contributed by atoms with E-state index in [1.807, 2.05) is 18.9 Å². The smallest absolute Gasteiger partial charge is 0.320 e. The van der Waals surface area contributed by atoms with Crippen molar-refractivity contribution < 1.29 is 4.79 Å². The van der Waals surface area contributed by atoms with Crippen LogP contribution in [0.5, 0.6) is 0 Å². The molecule has 0 aromatic carbocycles. The van der Waals surface area contributed by atoms with E-state index in [0.717, 1.165) is 32.6 Å². The number of rotatable bonds is 3. The highest BCUT2D eigenvalue weighted by Crippen LogP contribution is 2.11. The second kappa shape index (κ2) is 5.95. The van der Waals surface area contributed by atoms with Gasteiger partial charge >= 0.3 is 6.03 Å². The molecule has 0 aromatic heterocycles. The van der Waals surface area contributed by atoms with Crippen molar-refractivity contribution in [1.82, 2.24) is 15.1 Å². The number of nitrogens with one attached hydrogen (secondary N) is 1. The van der Waals surface area contributed by atoms with Crippen LogP contribution in [-0.2, 0) is 0 Å². The van der Waals surface area contributed by atoms with Gasteiger partial charge in [-0.15, -0.1) is 0 Å². The van der Waals surface area contributed by atoms with E-state index >= 15 is 0 Å². The molecule has 1 N–H and O–H groups in total. The van der Waals surface area contributed by atoms with E-state index in [4.69, 9.17) is 0 Å². The number of hydrogen-bond donors (Lipinski definition) is 1. The van der Waals surface area contributed by atoms with Gasteiger partial charge in [-0.3, -0.25) is 0 Å². The van der Waals surface area contributed by atoms with Crippen LogP contribution >= 0.6 is 0 Å². The van der Waals surface area contributed by atoms with Crippen molar-refractivity contribution in [2.24, 2.45) is 0 Å². The Morgan fingerprint density at radius 2 is 2.13 bits per heavy atom. The fraction of sp³-hybridized carbons (Fsp3) is 0.909. The SMILES string of the molecule is CCN(C)C(=O)N(CC)C1CCCNC1. The van der Waals surface area contributed by atoms with Gasteiger partial charge in [0.2, 0.25) is 0 Å². The zero-order valence-corrected chi connectivity index (χ0v) is 10.1. The second-order valence-corrected chi connectivity index (χ2v) is 4.08. The van der Waals surface area contributed by atoms with E-state index in [0.29, 0.717) is 6.04 Å². The van der Waals surface area contributed by atoms with E-state index in [1.165, 1.54) is 6.42 Å². The zero-order valence-electron chi connectivity index (χ0n) is 10.1. The Morgan fingerprint density at radius 3 is 2.60 bits per heavy atom. The number of amides is 2. The van der Waals surface area contributed by atoms with E-state index in [9.17, 15) is 4.79 Å². The Labute approximate surface area is 92.6 Å². The van der Waals surface area contributed by atoms with Crippen LogP contribution in [0.25, 0.3) is 0 Å². The summed E-state index contributed by atoms with van der Waals surface area (Å²) in [7, 11) is 1.86. The zero-order chi connectivity index (χ0) is 11.3. The molecule has 4 heteroatoms. The summed E-state index contributed by atoms with van der Waals surface area (Å²) < 4.78 is 0. The summed E-state index contributed by atoms with van der Waals surface area (Å²) in [6.45, 7) is 7.66. The molecule has 1 fully saturated rings. The van der Waals surface area contributed by atoms with Crippen LogP contribution in [0.15, 0.2) is 0 Å². The number of piperidine rings is 1. The first-order valence-electron chi connectivity index (χ1n) is 5.93. The lowest BCUT2D eigenvalue weighted by Gasteiger charge is -2.36. The van der Waals surface area contributed by atoms with E-state index in [2.05, 4.69) is 12.2 Å². The molecule has 1 unspecified atom stereocenters. The number of likely N-dealkylation sites (N-methyl/N-ethyl adjacent to an activating group) is 1. The quantitative estimate of drug-likeness (QED) is 0.763. The number of carbonyl (C=O) groups is 1. The fourth-order valence-electron chi connectivity index (χ4n) is 2.00. The molecule has 0 saturated carbocycles. The lowest BCUT2D eigenvalue weighted by atomic mass is 10.1. The van der Waals surface area contributed by atoms with Crippen LogP contribution in [0.4, 0.5) is 4.79 Å². The minimum absolute atomic E-state index is 0.161. The second-order valence-electron chi connectivity index (χ2n) is 4.08. The van der Waals surface area contributed by atoms with Crippen molar-refractivity contribution in [2.45, 2.75) is 32.7 Å². The first kappa shape index (κ1) is 12.3. The molecule has 0 radical (unpaired) electrons. The number of carbonyl (C=O) groups excluding carboxylic acids is 1. The molecule has 1 aliphatic rings. The van der Waals surface area contributed by atoms with E-state index < -0.39 is 0 Å². The third kappa shape index (κ3) is 3.09. The molecule has 88 valence electrons. The molecular weight excluding hydrogens is 190 g/mol. The molecule has 0 aromatic rings. The summed E-state index contributed by atoms with van der Waals surface area (Å²) in [4.78, 5) is 15.8. The molecule has 4 nitrogen and oxygen atoms in total. The van der Waals surface area contributed by atoms with Gasteiger partial charge in [-0.2, -0.15) is 0 Å². The van der Waals surface area contributed by atoms with Gasteiger partial charge in [-0.25, -0.2) is 4.79 Å². The molecule has 1 saturated heterocycles. The van der Waals surface area contributed by atoms with Gasteiger partial charge < -0.3 is 15.1 Å². The van der Waals surface area contributed by atoms with Crippen molar-refractivity contribution in [3.63, 3.8) is 0 Å². The highest BCUT2D eigenvalue weighted by atomic mass is 16.2. The topological polar surface area (TPSA) is 35.6 Å². The minimum atomic E-state index is 0.161. The summed E-state index contributed by atoms with van der Waals surface area (Å²) >= 11 is 0. The average molecular weight is 213 g/mol. The summed E-state index contributed by atoms with van der Waals surface area (Å²) in [6.07, 6.45) is 2.30. The standard InChI is InChI=1S/C11H23N3O/c1-4-13(3)11(15)14(5-2)10-7-6-8-12-9-10/h10,12H,4-9H2,1-3H3. The Kier molecular flexibility index (Phi) is 4.88. The predicted octanol–water partition coefficient (Wildman–Crippen LogP) is 1.13. The van der Waals surface area contributed by atoms with Gasteiger partial charge in [0.05, 0.1) is 0 Å². The normalized spacial score (nSPS) is 21.1. The van der Waals surface area contributed by atoms with Crippen LogP contribution in [0.1, 0.15) is 26.7 Å². The van der Waals surface area contributed by atoms with Crippen molar-refractivity contribution in [2.75, 3.05) is 33.2 Å². The average Bonchev–Trinajstić information content (AvgIpc) is 2.30. The number of urea groups is 1. The first-order chi connectivity index (χ1) is 7.20. The molecular formula is C11H23N3O. The van der Waals surface area contributed by atoms with Gasteiger partial charge in [-0.05, 0) is 33.2 Å². The van der Waals surface area contributed by atoms with Gasteiger partial charge in [-0.1, -0.05) is 0 Å². The highest BCUT2D eigenvalue weighted by molar-refractivity contribution is 5.74. The van der Waals surface area contributed by atoms with Gasteiger partial charge in [0, 0.05) is 32.7 Å². The summed E-state index contributed by atoms with van der Waals surface area (Å²) in [6, 6.07) is 0.541. The van der Waals surface area contributed by atoms with E-state index in [-0.39, 0.29) is 6.03 Å². The van der Waals surface area contributed by atoms with Crippen molar-refractivity contribution in [3.8, 4) is 0 Å². The third-order valence-electron chi connectivity index (χ3n) is 3.10. The Balaban J connectivity index is 2.56. The minimum Gasteiger partial charge on any atom is -0.328 e. The number of nitrogens with zero attached hydrogens (tertiary/aromatic N) is 2. The maximum absolute atomic E-state index is 12.0. The van der Waals surface area contributed by atoms with Crippen LogP contribution in [-0.4, -0.2) is 55.1 Å². The van der Waals surface area contributed by atoms with Crippen LogP contribution in [0, 0.1) is 0 Å². The molecule has 15 heavy (non-hydrogen) atoms. The Hall–Kier alpha value is -0.770. The molecule has 1 heterocycles. The Morgan fingerprint density at radius 1 is 1.40 bits per heavy atom. The van der Waals surface area contributed by atoms with Crippen LogP contribution < -0.4 is 5.32 Å². The van der Waals surface area contributed by atoms with Crippen LogP contribution in [0.2, 0.25) is 0 Å². The maximum atomic E-state index is 12.0. The molecule has 1 rings (SSSR count). The molecule has 2 amide bonds. The molecule has 0 aliphatic carbocycles. The van der Waals surface area contributed by atoms with Crippen molar-refractivity contribution >= 4 is 6.03 Å². The lowest BCUT2D eigenvalue weighted by molar-refractivity contribution is 0.136. The van der Waals surface area contributed by atoms with Crippen molar-refractivity contribution in [1.29, 1.82) is 0 Å². The molecule has 0 bridgehead atoms. The highest BCUT2D eigenvalue weighted by Gasteiger charge is 2.25. The van der Waals surface area contributed by atoms with Crippen molar-refractivity contribution in [3.05, 3.63) is 0 Å². The third-order valence-corrected chi connectivity index (χ3v) is 3.10. The molecule has 1 atom stereocenters. The monoisotopic (exact) mass is 213 g/mol. The Bertz CT molecular complexity index is 202.